The van der Waals surface area contributed by atoms with Crippen molar-refractivity contribution in [3.05, 3.63) is 36.3 Å². The average molecular weight is 350 g/mol. The molecule has 0 radical (unpaired) electrons. The molecular formula is C18H26N2O5. The normalized spacial score (nSPS) is 21.4. The van der Waals surface area contributed by atoms with Gasteiger partial charge in [0.1, 0.15) is 5.76 Å². The topological polar surface area (TPSA) is 94.2 Å². The van der Waals surface area contributed by atoms with E-state index < -0.39 is 11.9 Å². The lowest BCUT2D eigenvalue weighted by Crippen LogP contribution is -2.47. The first-order valence-corrected chi connectivity index (χ1v) is 8.63. The molecular weight excluding hydrogens is 324 g/mol. The molecule has 1 fully saturated rings. The Balaban J connectivity index is 0.000000326. The van der Waals surface area contributed by atoms with Crippen LogP contribution in [0.1, 0.15) is 25.0 Å². The van der Waals surface area contributed by atoms with E-state index in [2.05, 4.69) is 28.0 Å². The molecule has 2 heterocycles. The largest absolute Gasteiger partial charge is 0.473 e. The zero-order chi connectivity index (χ0) is 18.1. The van der Waals surface area contributed by atoms with Crippen molar-refractivity contribution < 1.29 is 24.2 Å². The molecule has 0 spiro atoms. The Hall–Kier alpha value is -2.12. The maximum absolute atomic E-state index is 9.10. The van der Waals surface area contributed by atoms with Crippen LogP contribution >= 0.6 is 0 Å². The molecule has 7 nitrogen and oxygen atoms in total. The number of furan rings is 1. The Kier molecular flexibility index (Phi) is 7.69. The second-order valence-corrected chi connectivity index (χ2v) is 6.42. The van der Waals surface area contributed by atoms with E-state index in [1.807, 2.05) is 6.07 Å². The third-order valence-electron chi connectivity index (χ3n) is 4.50. The van der Waals surface area contributed by atoms with Crippen molar-refractivity contribution in [2.45, 2.75) is 25.8 Å². The molecule has 3 rings (SSSR count). The van der Waals surface area contributed by atoms with Gasteiger partial charge in [-0.2, -0.15) is 0 Å². The summed E-state index contributed by atoms with van der Waals surface area (Å²) >= 11 is 0. The molecule has 1 atom stereocenters. The van der Waals surface area contributed by atoms with Crippen LogP contribution in [-0.4, -0.2) is 64.7 Å². The second kappa shape index (κ2) is 10.0. The van der Waals surface area contributed by atoms with E-state index >= 15 is 0 Å². The van der Waals surface area contributed by atoms with Crippen molar-refractivity contribution in [2.75, 3.05) is 32.7 Å². The van der Waals surface area contributed by atoms with E-state index in [0.717, 1.165) is 18.2 Å². The molecule has 0 amide bonds. The quantitative estimate of drug-likeness (QED) is 0.633. The van der Waals surface area contributed by atoms with Gasteiger partial charge in [-0.1, -0.05) is 12.2 Å². The van der Waals surface area contributed by atoms with Crippen molar-refractivity contribution in [3.8, 4) is 0 Å². The molecule has 1 unspecified atom stereocenters. The van der Waals surface area contributed by atoms with Gasteiger partial charge < -0.3 is 19.5 Å². The van der Waals surface area contributed by atoms with E-state index in [0.29, 0.717) is 0 Å². The van der Waals surface area contributed by atoms with Crippen LogP contribution < -0.4 is 0 Å². The zero-order valence-corrected chi connectivity index (χ0v) is 14.3. The summed E-state index contributed by atoms with van der Waals surface area (Å²) in [5.74, 6) is -1.67. The lowest BCUT2D eigenvalue weighted by atomic mass is 9.94. The number of carbonyl (C=O) groups is 2. The van der Waals surface area contributed by atoms with Crippen LogP contribution in [0.15, 0.2) is 35.0 Å². The monoisotopic (exact) mass is 350 g/mol. The molecule has 138 valence electrons. The summed E-state index contributed by atoms with van der Waals surface area (Å²) in [5.41, 5.74) is 0. The summed E-state index contributed by atoms with van der Waals surface area (Å²) in [5, 5.41) is 14.8. The maximum Gasteiger partial charge on any atom is 0.414 e. The van der Waals surface area contributed by atoms with E-state index in [4.69, 9.17) is 24.2 Å². The predicted octanol–water partition coefficient (Wildman–Crippen LogP) is 1.91. The van der Waals surface area contributed by atoms with Crippen molar-refractivity contribution in [1.82, 2.24) is 9.80 Å². The first-order valence-electron chi connectivity index (χ1n) is 8.63. The fourth-order valence-electron chi connectivity index (χ4n) is 3.14. The van der Waals surface area contributed by atoms with Crippen LogP contribution in [0.2, 0.25) is 0 Å². The third-order valence-corrected chi connectivity index (χ3v) is 4.50. The number of nitrogens with zero attached hydrogens (tertiary/aromatic N) is 2. The van der Waals surface area contributed by atoms with Crippen LogP contribution in [0.25, 0.3) is 0 Å². The highest BCUT2D eigenvalue weighted by Gasteiger charge is 2.20. The minimum Gasteiger partial charge on any atom is -0.473 e. The molecule has 1 aromatic rings. The van der Waals surface area contributed by atoms with Crippen molar-refractivity contribution in [1.29, 1.82) is 0 Å². The fourth-order valence-corrected chi connectivity index (χ4v) is 3.14. The van der Waals surface area contributed by atoms with Gasteiger partial charge >= 0.3 is 11.9 Å². The third kappa shape index (κ3) is 7.11. The van der Waals surface area contributed by atoms with Gasteiger partial charge in [0.15, 0.2) is 0 Å². The lowest BCUT2D eigenvalue weighted by molar-refractivity contribution is -0.159. The van der Waals surface area contributed by atoms with Crippen molar-refractivity contribution in [2.24, 2.45) is 5.92 Å². The van der Waals surface area contributed by atoms with Gasteiger partial charge in [0, 0.05) is 32.7 Å². The second-order valence-electron chi connectivity index (χ2n) is 6.42. The summed E-state index contributed by atoms with van der Waals surface area (Å²) in [6.45, 7) is 7.01. The number of piperazine rings is 1. The highest BCUT2D eigenvalue weighted by Crippen LogP contribution is 2.20. The molecule has 0 aromatic carbocycles. The number of hydrogen-bond acceptors (Lipinski definition) is 5. The van der Waals surface area contributed by atoms with Crippen LogP contribution in [0.4, 0.5) is 0 Å². The molecule has 2 aliphatic rings. The van der Waals surface area contributed by atoms with Crippen LogP contribution in [-0.2, 0) is 16.1 Å². The Morgan fingerprint density at radius 3 is 2.28 bits per heavy atom. The standard InChI is InChI=1S/C16H24N2O.C2H2O4/c1-2-5-15(6-3-1)13-17-8-10-18(11-9-17)14-16-7-4-12-19-16;3-1(4)2(5)6/h1-2,4,7,12,15H,3,5-6,8-11,13-14H2;(H,3,4)(H,5,6). The minimum atomic E-state index is -1.82. The van der Waals surface area contributed by atoms with Crippen molar-refractivity contribution >= 4 is 11.9 Å². The molecule has 1 saturated heterocycles. The van der Waals surface area contributed by atoms with Gasteiger partial charge in [-0.05, 0) is 37.3 Å². The Morgan fingerprint density at radius 2 is 1.76 bits per heavy atom. The van der Waals surface area contributed by atoms with E-state index in [-0.39, 0.29) is 0 Å². The predicted molar refractivity (Wildman–Crippen MR) is 92.2 cm³/mol. The van der Waals surface area contributed by atoms with Gasteiger partial charge in [0.05, 0.1) is 12.8 Å². The molecule has 1 aromatic heterocycles. The van der Waals surface area contributed by atoms with Gasteiger partial charge in [-0.3, -0.25) is 4.90 Å². The minimum absolute atomic E-state index is 0.890. The highest BCUT2D eigenvalue weighted by atomic mass is 16.4. The molecule has 1 aliphatic carbocycles. The maximum atomic E-state index is 9.10. The van der Waals surface area contributed by atoms with Gasteiger partial charge in [-0.25, -0.2) is 9.59 Å². The molecule has 7 heteroatoms. The van der Waals surface area contributed by atoms with Gasteiger partial charge in [-0.15, -0.1) is 0 Å². The smallest absolute Gasteiger partial charge is 0.414 e. The summed E-state index contributed by atoms with van der Waals surface area (Å²) in [6, 6.07) is 4.04. The zero-order valence-electron chi connectivity index (χ0n) is 14.3. The van der Waals surface area contributed by atoms with Crippen LogP contribution in [0, 0.1) is 5.92 Å². The number of carboxylic acid groups (broad SMARTS) is 2. The molecule has 25 heavy (non-hydrogen) atoms. The SMILES string of the molecule is C1=CCC(CN2CCN(Cc3ccco3)CC2)CC1.O=C(O)C(=O)O. The van der Waals surface area contributed by atoms with E-state index in [1.54, 1.807) is 6.26 Å². The van der Waals surface area contributed by atoms with Gasteiger partial charge in [0.2, 0.25) is 0 Å². The van der Waals surface area contributed by atoms with E-state index in [9.17, 15) is 0 Å². The molecule has 0 saturated carbocycles. The fraction of sp³-hybridized carbons (Fsp3) is 0.556. The van der Waals surface area contributed by atoms with Gasteiger partial charge in [0.25, 0.3) is 0 Å². The first-order chi connectivity index (χ1) is 12.0. The number of aliphatic carboxylic acids is 2. The van der Waals surface area contributed by atoms with Crippen LogP contribution in [0.3, 0.4) is 0 Å². The first kappa shape index (κ1) is 19.2. The van der Waals surface area contributed by atoms with E-state index in [1.165, 1.54) is 52.0 Å². The number of rotatable bonds is 4. The highest BCUT2D eigenvalue weighted by molar-refractivity contribution is 6.27. The Labute approximate surface area is 147 Å². The van der Waals surface area contributed by atoms with Crippen molar-refractivity contribution in [3.63, 3.8) is 0 Å². The number of allylic oxidation sites excluding steroid dienone is 2. The number of carboxylic acids is 2. The average Bonchev–Trinajstić information content (AvgIpc) is 3.11. The Bertz CT molecular complexity index is 550. The molecule has 1 aliphatic heterocycles. The lowest BCUT2D eigenvalue weighted by Gasteiger charge is -2.36. The molecule has 0 bridgehead atoms. The summed E-state index contributed by atoms with van der Waals surface area (Å²) in [4.78, 5) is 23.3. The Morgan fingerprint density at radius 1 is 1.08 bits per heavy atom. The molecule has 2 N–H and O–H groups in total. The van der Waals surface area contributed by atoms with Crippen LogP contribution in [0.5, 0.6) is 0 Å². The summed E-state index contributed by atoms with van der Waals surface area (Å²) < 4.78 is 5.42. The summed E-state index contributed by atoms with van der Waals surface area (Å²) in [6.07, 6.45) is 10.4. The summed E-state index contributed by atoms with van der Waals surface area (Å²) in [7, 11) is 0. The number of hydrogen-bond donors (Lipinski definition) is 2.